The molecule has 2 heterocycles. The Labute approximate surface area is 231 Å². The van der Waals surface area contributed by atoms with Crippen molar-refractivity contribution < 1.29 is 14.7 Å². The SMILES string of the molecule is Cc1nc2ccc(Br)cc2c(-c2ccccc2)c1C1=NN(C(=O)CCC(=O)[O-])[C@@H](c2ccc(Br)cc2)C1. The highest BCUT2D eigenvalue weighted by Gasteiger charge is 2.35. The van der Waals surface area contributed by atoms with Crippen molar-refractivity contribution in [2.24, 2.45) is 5.10 Å². The first-order valence-corrected chi connectivity index (χ1v) is 13.4. The molecule has 0 fully saturated rings. The summed E-state index contributed by atoms with van der Waals surface area (Å²) in [4.78, 5) is 29.1. The average molecular weight is 620 g/mol. The number of hydrogen-bond acceptors (Lipinski definition) is 5. The summed E-state index contributed by atoms with van der Waals surface area (Å²) >= 11 is 7.07. The van der Waals surface area contributed by atoms with Crippen molar-refractivity contribution in [3.8, 4) is 11.1 Å². The quantitative estimate of drug-likeness (QED) is 0.267. The van der Waals surface area contributed by atoms with Gasteiger partial charge in [0.2, 0.25) is 5.91 Å². The molecule has 0 bridgehead atoms. The molecule has 0 N–H and O–H groups in total. The van der Waals surface area contributed by atoms with Gasteiger partial charge in [0, 0.05) is 50.0 Å². The Balaban J connectivity index is 1.69. The first kappa shape index (κ1) is 25.3. The van der Waals surface area contributed by atoms with E-state index in [-0.39, 0.29) is 24.8 Å². The van der Waals surface area contributed by atoms with Gasteiger partial charge in [-0.25, -0.2) is 5.01 Å². The molecule has 37 heavy (non-hydrogen) atoms. The minimum atomic E-state index is -1.26. The maximum Gasteiger partial charge on any atom is 0.243 e. The number of carboxylic acid groups (broad SMARTS) is 1. The van der Waals surface area contributed by atoms with E-state index in [4.69, 9.17) is 10.1 Å². The van der Waals surface area contributed by atoms with Crippen LogP contribution in [0.2, 0.25) is 0 Å². The van der Waals surface area contributed by atoms with Crippen LogP contribution < -0.4 is 5.11 Å². The largest absolute Gasteiger partial charge is 0.550 e. The van der Waals surface area contributed by atoms with Crippen molar-refractivity contribution in [1.29, 1.82) is 0 Å². The molecule has 1 aromatic heterocycles. The van der Waals surface area contributed by atoms with Crippen LogP contribution in [0.25, 0.3) is 22.0 Å². The van der Waals surface area contributed by atoms with Crippen LogP contribution in [0.15, 0.2) is 86.8 Å². The van der Waals surface area contributed by atoms with E-state index in [0.717, 1.165) is 53.5 Å². The van der Waals surface area contributed by atoms with E-state index in [1.165, 1.54) is 5.01 Å². The van der Waals surface area contributed by atoms with Gasteiger partial charge in [0.25, 0.3) is 0 Å². The fraction of sp³-hybridized carbons (Fsp3) is 0.172. The summed E-state index contributed by atoms with van der Waals surface area (Å²) in [5.41, 5.74) is 6.24. The summed E-state index contributed by atoms with van der Waals surface area (Å²) in [6, 6.07) is 23.5. The summed E-state index contributed by atoms with van der Waals surface area (Å²) in [6.45, 7) is 1.96. The minimum absolute atomic E-state index is 0.181. The predicted molar refractivity (Wildman–Crippen MR) is 149 cm³/mol. The Kier molecular flexibility index (Phi) is 7.22. The third-order valence-corrected chi connectivity index (χ3v) is 7.46. The summed E-state index contributed by atoms with van der Waals surface area (Å²) in [7, 11) is 0. The molecule has 1 atom stereocenters. The van der Waals surface area contributed by atoms with Crippen LogP contribution in [0.4, 0.5) is 0 Å². The lowest BCUT2D eigenvalue weighted by Crippen LogP contribution is -2.29. The maximum absolute atomic E-state index is 13.2. The minimum Gasteiger partial charge on any atom is -0.550 e. The molecule has 1 aliphatic heterocycles. The highest BCUT2D eigenvalue weighted by atomic mass is 79.9. The van der Waals surface area contributed by atoms with Crippen molar-refractivity contribution in [2.75, 3.05) is 0 Å². The fourth-order valence-electron chi connectivity index (χ4n) is 4.78. The second kappa shape index (κ2) is 10.6. The lowest BCUT2D eigenvalue weighted by Gasteiger charge is -2.22. The van der Waals surface area contributed by atoms with Gasteiger partial charge < -0.3 is 9.90 Å². The van der Waals surface area contributed by atoms with Gasteiger partial charge >= 0.3 is 0 Å². The van der Waals surface area contributed by atoms with E-state index in [9.17, 15) is 14.7 Å². The molecular weight excluding hydrogens is 598 g/mol. The molecule has 0 unspecified atom stereocenters. The van der Waals surface area contributed by atoms with Crippen LogP contribution in [0.3, 0.4) is 0 Å². The standard InChI is InChI=1S/C29H23Br2N3O3/c1-17-28(29(19-5-3-2-4-6-19)22-15-21(31)11-12-23(22)32-17)24-16-25(18-7-9-20(30)10-8-18)34(33-24)26(35)13-14-27(36)37/h2-12,15,25H,13-14,16H2,1H3,(H,36,37)/p-1/t25-/m1/s1. The number of carboxylic acids is 1. The van der Waals surface area contributed by atoms with Crippen molar-refractivity contribution in [2.45, 2.75) is 32.2 Å². The second-order valence-electron chi connectivity index (χ2n) is 8.90. The monoisotopic (exact) mass is 618 g/mol. The zero-order valence-corrected chi connectivity index (χ0v) is 23.1. The van der Waals surface area contributed by atoms with Gasteiger partial charge in [-0.05, 0) is 54.8 Å². The smallest absolute Gasteiger partial charge is 0.243 e. The maximum atomic E-state index is 13.2. The first-order chi connectivity index (χ1) is 17.8. The lowest BCUT2D eigenvalue weighted by molar-refractivity contribution is -0.305. The van der Waals surface area contributed by atoms with E-state index in [2.05, 4.69) is 50.1 Å². The number of nitrogens with zero attached hydrogens (tertiary/aromatic N) is 3. The summed E-state index contributed by atoms with van der Waals surface area (Å²) in [5, 5.41) is 18.3. The number of carbonyl (C=O) groups excluding carboxylic acids is 2. The number of benzene rings is 3. The zero-order chi connectivity index (χ0) is 26.1. The van der Waals surface area contributed by atoms with E-state index < -0.39 is 5.97 Å². The Morgan fingerprint density at radius 1 is 0.946 bits per heavy atom. The first-order valence-electron chi connectivity index (χ1n) is 11.8. The van der Waals surface area contributed by atoms with Crippen molar-refractivity contribution in [1.82, 2.24) is 9.99 Å². The van der Waals surface area contributed by atoms with Crippen LogP contribution in [-0.4, -0.2) is 27.6 Å². The molecule has 6 nitrogen and oxygen atoms in total. The van der Waals surface area contributed by atoms with Gasteiger partial charge in [0.05, 0.1) is 17.3 Å². The van der Waals surface area contributed by atoms with Crippen LogP contribution in [0.1, 0.15) is 42.1 Å². The van der Waals surface area contributed by atoms with Gasteiger partial charge in [0.15, 0.2) is 0 Å². The van der Waals surface area contributed by atoms with Crippen molar-refractivity contribution in [3.05, 3.63) is 98.6 Å². The highest BCUT2D eigenvalue weighted by Crippen LogP contribution is 2.40. The number of halogens is 2. The van der Waals surface area contributed by atoms with Crippen molar-refractivity contribution in [3.63, 3.8) is 0 Å². The highest BCUT2D eigenvalue weighted by molar-refractivity contribution is 9.10. The number of pyridine rings is 1. The Morgan fingerprint density at radius 2 is 1.65 bits per heavy atom. The molecule has 0 aliphatic carbocycles. The van der Waals surface area contributed by atoms with Gasteiger partial charge in [-0.1, -0.05) is 74.3 Å². The molecule has 0 saturated heterocycles. The van der Waals surface area contributed by atoms with Crippen LogP contribution >= 0.6 is 31.9 Å². The molecule has 8 heteroatoms. The van der Waals surface area contributed by atoms with E-state index >= 15 is 0 Å². The molecule has 4 aromatic rings. The summed E-state index contributed by atoms with van der Waals surface area (Å²) in [6.07, 6.45) is -0.0623. The van der Waals surface area contributed by atoms with E-state index in [0.29, 0.717) is 6.42 Å². The summed E-state index contributed by atoms with van der Waals surface area (Å²) in [5.74, 6) is -1.62. The molecule has 1 aliphatic rings. The number of carbonyl (C=O) groups is 2. The van der Waals surface area contributed by atoms with Gasteiger partial charge in [-0.15, -0.1) is 0 Å². The number of hydrazone groups is 1. The topological polar surface area (TPSA) is 85.7 Å². The molecule has 0 radical (unpaired) electrons. The normalized spacial score (nSPS) is 15.2. The summed E-state index contributed by atoms with van der Waals surface area (Å²) < 4.78 is 1.87. The third kappa shape index (κ3) is 5.22. The Bertz CT molecular complexity index is 1540. The van der Waals surface area contributed by atoms with E-state index in [1.807, 2.05) is 61.5 Å². The molecular formula is C29H22Br2N3O3-. The second-order valence-corrected chi connectivity index (χ2v) is 10.7. The van der Waals surface area contributed by atoms with Crippen molar-refractivity contribution >= 4 is 60.4 Å². The molecule has 5 rings (SSSR count). The molecule has 1 amide bonds. The molecule has 186 valence electrons. The zero-order valence-electron chi connectivity index (χ0n) is 19.9. The lowest BCUT2D eigenvalue weighted by atomic mass is 9.89. The van der Waals surface area contributed by atoms with Crippen LogP contribution in [0.5, 0.6) is 0 Å². The molecule has 3 aromatic carbocycles. The van der Waals surface area contributed by atoms with Gasteiger partial charge in [0.1, 0.15) is 0 Å². The van der Waals surface area contributed by atoms with Crippen LogP contribution in [0, 0.1) is 6.92 Å². The number of aryl methyl sites for hydroxylation is 1. The molecule has 0 saturated carbocycles. The van der Waals surface area contributed by atoms with E-state index in [1.54, 1.807) is 0 Å². The average Bonchev–Trinajstić information content (AvgIpc) is 3.32. The fourth-order valence-corrected chi connectivity index (χ4v) is 5.40. The van der Waals surface area contributed by atoms with Crippen LogP contribution in [-0.2, 0) is 9.59 Å². The van der Waals surface area contributed by atoms with Gasteiger partial charge in [-0.2, -0.15) is 5.10 Å². The number of aliphatic carboxylic acids is 1. The Hall–Kier alpha value is -3.36. The predicted octanol–water partition coefficient (Wildman–Crippen LogP) is 5.94. The number of hydrogen-bond donors (Lipinski definition) is 0. The molecule has 0 spiro atoms. The number of rotatable bonds is 6. The Morgan fingerprint density at radius 3 is 2.35 bits per heavy atom. The number of fused-ring (bicyclic) bond motifs is 1. The number of amides is 1. The number of aromatic nitrogens is 1. The van der Waals surface area contributed by atoms with Gasteiger partial charge in [-0.3, -0.25) is 9.78 Å². The third-order valence-electron chi connectivity index (χ3n) is 6.44.